The summed E-state index contributed by atoms with van der Waals surface area (Å²) in [5, 5.41) is 8.90. The standard InChI is InChI=1S/C14H26N2O/c1-13(2,11-15)9-10-17-12-14(16)7-5-3-4-6-8-14/h3-10,12,16H2,1-2H3. The van der Waals surface area contributed by atoms with Gasteiger partial charge in [-0.3, -0.25) is 0 Å². The van der Waals surface area contributed by atoms with Gasteiger partial charge < -0.3 is 10.5 Å². The summed E-state index contributed by atoms with van der Waals surface area (Å²) in [6.07, 6.45) is 8.00. The van der Waals surface area contributed by atoms with Crippen LogP contribution >= 0.6 is 0 Å². The Hall–Kier alpha value is -0.590. The minimum absolute atomic E-state index is 0.118. The van der Waals surface area contributed by atoms with Crippen LogP contribution in [-0.4, -0.2) is 18.8 Å². The molecule has 0 amide bonds. The normalized spacial score (nSPS) is 20.6. The van der Waals surface area contributed by atoms with Crippen molar-refractivity contribution < 1.29 is 4.74 Å². The van der Waals surface area contributed by atoms with Crippen LogP contribution in [0.3, 0.4) is 0 Å². The molecule has 17 heavy (non-hydrogen) atoms. The maximum Gasteiger partial charge on any atom is 0.0684 e. The van der Waals surface area contributed by atoms with Crippen molar-refractivity contribution in [2.24, 2.45) is 11.1 Å². The fraction of sp³-hybridized carbons (Fsp3) is 0.929. The number of nitrogens with zero attached hydrogens (tertiary/aromatic N) is 1. The van der Waals surface area contributed by atoms with Crippen molar-refractivity contribution >= 4 is 0 Å². The van der Waals surface area contributed by atoms with Crippen LogP contribution < -0.4 is 5.73 Å². The third kappa shape index (κ3) is 5.52. The van der Waals surface area contributed by atoms with Gasteiger partial charge in [-0.1, -0.05) is 25.7 Å². The molecule has 3 nitrogen and oxygen atoms in total. The molecule has 0 aromatic carbocycles. The first-order chi connectivity index (χ1) is 7.97. The second-order valence-corrected chi connectivity index (χ2v) is 6.07. The highest BCUT2D eigenvalue weighted by Gasteiger charge is 2.26. The predicted molar refractivity (Wildman–Crippen MR) is 69.5 cm³/mol. The first-order valence-electron chi connectivity index (χ1n) is 6.75. The zero-order chi connectivity index (χ0) is 12.8. The van der Waals surface area contributed by atoms with Crippen molar-refractivity contribution in [3.63, 3.8) is 0 Å². The summed E-state index contributed by atoms with van der Waals surface area (Å²) >= 11 is 0. The van der Waals surface area contributed by atoms with E-state index in [9.17, 15) is 0 Å². The van der Waals surface area contributed by atoms with Gasteiger partial charge in [0, 0.05) is 12.1 Å². The van der Waals surface area contributed by atoms with Gasteiger partial charge in [-0.05, 0) is 33.1 Å². The molecule has 0 aromatic rings. The SMILES string of the molecule is CC(C)(C#N)CCOCC1(N)CCCCCC1. The van der Waals surface area contributed by atoms with Crippen molar-refractivity contribution in [1.29, 1.82) is 5.26 Å². The van der Waals surface area contributed by atoms with Gasteiger partial charge in [0.2, 0.25) is 0 Å². The van der Waals surface area contributed by atoms with Crippen molar-refractivity contribution in [3.05, 3.63) is 0 Å². The van der Waals surface area contributed by atoms with Crippen molar-refractivity contribution in [2.75, 3.05) is 13.2 Å². The number of nitriles is 1. The van der Waals surface area contributed by atoms with E-state index in [1.165, 1.54) is 25.7 Å². The lowest BCUT2D eigenvalue weighted by Gasteiger charge is -2.28. The Morgan fingerprint density at radius 1 is 1.24 bits per heavy atom. The first kappa shape index (κ1) is 14.5. The van der Waals surface area contributed by atoms with Crippen LogP contribution in [-0.2, 0) is 4.74 Å². The first-order valence-corrected chi connectivity index (χ1v) is 6.75. The van der Waals surface area contributed by atoms with Gasteiger partial charge in [-0.2, -0.15) is 5.26 Å². The fourth-order valence-electron chi connectivity index (χ4n) is 2.24. The molecule has 0 aliphatic heterocycles. The molecule has 0 spiro atoms. The molecular formula is C14H26N2O. The number of nitrogens with two attached hydrogens (primary N) is 1. The largest absolute Gasteiger partial charge is 0.379 e. The molecule has 0 bridgehead atoms. The molecule has 1 fully saturated rings. The van der Waals surface area contributed by atoms with Crippen LogP contribution in [0.4, 0.5) is 0 Å². The maximum absolute atomic E-state index is 8.90. The Balaban J connectivity index is 2.23. The minimum Gasteiger partial charge on any atom is -0.379 e. The molecule has 2 N–H and O–H groups in total. The van der Waals surface area contributed by atoms with Crippen LogP contribution in [0.2, 0.25) is 0 Å². The molecule has 0 heterocycles. The van der Waals surface area contributed by atoms with Crippen molar-refractivity contribution in [3.8, 4) is 6.07 Å². The van der Waals surface area contributed by atoms with E-state index in [1.807, 2.05) is 13.8 Å². The molecule has 0 unspecified atom stereocenters. The molecular weight excluding hydrogens is 212 g/mol. The van der Waals surface area contributed by atoms with Crippen molar-refractivity contribution in [2.45, 2.75) is 64.3 Å². The van der Waals surface area contributed by atoms with Gasteiger partial charge in [0.15, 0.2) is 0 Å². The average molecular weight is 238 g/mol. The van der Waals surface area contributed by atoms with Gasteiger partial charge >= 0.3 is 0 Å². The Morgan fingerprint density at radius 2 is 1.82 bits per heavy atom. The summed E-state index contributed by atoms with van der Waals surface area (Å²) in [4.78, 5) is 0. The molecule has 1 aliphatic carbocycles. The lowest BCUT2D eigenvalue weighted by atomic mass is 9.91. The Bertz CT molecular complexity index is 260. The van der Waals surface area contributed by atoms with Gasteiger partial charge in [-0.15, -0.1) is 0 Å². The number of rotatable bonds is 5. The van der Waals surface area contributed by atoms with Crippen LogP contribution in [0.5, 0.6) is 0 Å². The van der Waals surface area contributed by atoms with Crippen LogP contribution in [0.15, 0.2) is 0 Å². The topological polar surface area (TPSA) is 59.0 Å². The van der Waals surface area contributed by atoms with Gasteiger partial charge in [-0.25, -0.2) is 0 Å². The second kappa shape index (κ2) is 6.37. The van der Waals surface area contributed by atoms with Crippen LogP contribution in [0.25, 0.3) is 0 Å². The van der Waals surface area contributed by atoms with E-state index in [0.717, 1.165) is 19.3 Å². The van der Waals surface area contributed by atoms with Crippen LogP contribution in [0.1, 0.15) is 58.8 Å². The van der Waals surface area contributed by atoms with E-state index in [2.05, 4.69) is 6.07 Å². The zero-order valence-corrected chi connectivity index (χ0v) is 11.3. The average Bonchev–Trinajstić information content (AvgIpc) is 2.50. The molecule has 0 saturated heterocycles. The summed E-state index contributed by atoms with van der Waals surface area (Å²) in [6.45, 7) is 5.18. The highest BCUT2D eigenvalue weighted by molar-refractivity contribution is 4.91. The number of ether oxygens (including phenoxy) is 1. The van der Waals surface area contributed by atoms with E-state index >= 15 is 0 Å². The third-order valence-corrected chi connectivity index (χ3v) is 3.66. The molecule has 98 valence electrons. The predicted octanol–water partition coefficient (Wildman–Crippen LogP) is 2.99. The Morgan fingerprint density at radius 3 is 2.35 bits per heavy atom. The third-order valence-electron chi connectivity index (χ3n) is 3.66. The molecule has 3 heteroatoms. The highest BCUT2D eigenvalue weighted by atomic mass is 16.5. The minimum atomic E-state index is -0.286. The summed E-state index contributed by atoms with van der Waals surface area (Å²) in [6, 6.07) is 2.29. The summed E-state index contributed by atoms with van der Waals surface area (Å²) < 4.78 is 5.69. The van der Waals surface area contributed by atoms with Gasteiger partial charge in [0.1, 0.15) is 0 Å². The molecule has 0 aromatic heterocycles. The smallest absolute Gasteiger partial charge is 0.0684 e. The summed E-state index contributed by atoms with van der Waals surface area (Å²) in [7, 11) is 0. The van der Waals surface area contributed by atoms with E-state index in [-0.39, 0.29) is 11.0 Å². The molecule has 1 aliphatic rings. The zero-order valence-electron chi connectivity index (χ0n) is 11.3. The maximum atomic E-state index is 8.90. The lowest BCUT2D eigenvalue weighted by molar-refractivity contribution is 0.0658. The number of hydrogen-bond donors (Lipinski definition) is 1. The van der Waals surface area contributed by atoms with Crippen molar-refractivity contribution in [1.82, 2.24) is 0 Å². The summed E-state index contributed by atoms with van der Waals surface area (Å²) in [5.41, 5.74) is 5.95. The van der Waals surface area contributed by atoms with E-state index in [0.29, 0.717) is 13.2 Å². The molecule has 0 atom stereocenters. The Labute approximate surface area is 105 Å². The monoisotopic (exact) mass is 238 g/mol. The van der Waals surface area contributed by atoms with E-state index in [1.54, 1.807) is 0 Å². The Kier molecular flexibility index (Phi) is 5.42. The van der Waals surface area contributed by atoms with E-state index in [4.69, 9.17) is 15.7 Å². The fourth-order valence-corrected chi connectivity index (χ4v) is 2.24. The quantitative estimate of drug-likeness (QED) is 0.591. The summed E-state index contributed by atoms with van der Waals surface area (Å²) in [5.74, 6) is 0. The highest BCUT2D eigenvalue weighted by Crippen LogP contribution is 2.25. The molecule has 0 radical (unpaired) electrons. The number of hydrogen-bond acceptors (Lipinski definition) is 3. The second-order valence-electron chi connectivity index (χ2n) is 6.07. The molecule has 1 saturated carbocycles. The lowest BCUT2D eigenvalue weighted by Crippen LogP contribution is -2.44. The van der Waals surface area contributed by atoms with Gasteiger partial charge in [0.05, 0.1) is 18.1 Å². The van der Waals surface area contributed by atoms with Crippen LogP contribution in [0, 0.1) is 16.7 Å². The van der Waals surface area contributed by atoms with E-state index < -0.39 is 0 Å². The molecule has 1 rings (SSSR count). The van der Waals surface area contributed by atoms with Gasteiger partial charge in [0.25, 0.3) is 0 Å².